The zero-order valence-electron chi connectivity index (χ0n) is 8.92. The van der Waals surface area contributed by atoms with Gasteiger partial charge in [0.15, 0.2) is 0 Å². The highest BCUT2D eigenvalue weighted by atomic mass is 35.5. The lowest BCUT2D eigenvalue weighted by atomic mass is 10.1. The maximum absolute atomic E-state index is 13.6. The van der Waals surface area contributed by atoms with E-state index in [9.17, 15) is 9.50 Å². The fourth-order valence-corrected chi connectivity index (χ4v) is 1.85. The normalized spacial score (nSPS) is 17.4. The summed E-state index contributed by atoms with van der Waals surface area (Å²) in [5.74, 6) is 0.333. The molecule has 4 heteroatoms. The van der Waals surface area contributed by atoms with Gasteiger partial charge in [-0.25, -0.2) is 4.39 Å². The van der Waals surface area contributed by atoms with Gasteiger partial charge in [-0.2, -0.15) is 0 Å². The minimum Gasteiger partial charge on any atom is -0.394 e. The summed E-state index contributed by atoms with van der Waals surface area (Å²) >= 11 is 5.68. The summed E-state index contributed by atoms with van der Waals surface area (Å²) < 4.78 is 13.6. The molecule has 0 heterocycles. The lowest BCUT2D eigenvalue weighted by molar-refractivity contribution is 0.240. The van der Waals surface area contributed by atoms with Crippen molar-refractivity contribution in [1.82, 2.24) is 5.32 Å². The number of rotatable bonds is 5. The molecule has 0 bridgehead atoms. The van der Waals surface area contributed by atoms with Crippen molar-refractivity contribution in [2.24, 2.45) is 5.92 Å². The van der Waals surface area contributed by atoms with Crippen molar-refractivity contribution in [1.29, 1.82) is 0 Å². The van der Waals surface area contributed by atoms with Crippen LogP contribution in [0.4, 0.5) is 4.39 Å². The number of hydrogen-bond donors (Lipinski definition) is 2. The predicted octanol–water partition coefficient (Wildman–Crippen LogP) is 2.51. The summed E-state index contributed by atoms with van der Waals surface area (Å²) in [5, 5.41) is 12.8. The summed E-state index contributed by atoms with van der Waals surface area (Å²) in [6.45, 7) is 0.735. The molecule has 2 rings (SSSR count). The van der Waals surface area contributed by atoms with E-state index in [0.29, 0.717) is 16.5 Å². The van der Waals surface area contributed by atoms with Gasteiger partial charge in [0, 0.05) is 10.6 Å². The molecule has 1 atom stereocenters. The van der Waals surface area contributed by atoms with Gasteiger partial charge in [-0.05, 0) is 37.4 Å². The molecule has 0 radical (unpaired) electrons. The van der Waals surface area contributed by atoms with Crippen LogP contribution < -0.4 is 5.32 Å². The number of aliphatic hydroxyl groups excluding tert-OH is 1. The molecule has 1 saturated carbocycles. The second kappa shape index (κ2) is 5.13. The molecule has 2 nitrogen and oxygen atoms in total. The first-order valence-corrected chi connectivity index (χ1v) is 5.87. The van der Waals surface area contributed by atoms with E-state index in [-0.39, 0.29) is 18.5 Å². The fourth-order valence-electron chi connectivity index (χ4n) is 1.69. The second-order valence-corrected chi connectivity index (χ2v) is 4.69. The van der Waals surface area contributed by atoms with Crippen molar-refractivity contribution >= 4 is 11.6 Å². The van der Waals surface area contributed by atoms with E-state index in [1.54, 1.807) is 12.1 Å². The number of hydrogen-bond acceptors (Lipinski definition) is 2. The third-order valence-corrected chi connectivity index (χ3v) is 3.11. The highest BCUT2D eigenvalue weighted by Gasteiger charge is 2.23. The summed E-state index contributed by atoms with van der Waals surface area (Å²) in [6.07, 6.45) is 2.46. The molecule has 1 aliphatic carbocycles. The van der Waals surface area contributed by atoms with Gasteiger partial charge in [-0.3, -0.25) is 0 Å². The average molecular weight is 244 g/mol. The Morgan fingerprint density at radius 3 is 2.81 bits per heavy atom. The van der Waals surface area contributed by atoms with Crippen molar-refractivity contribution in [3.8, 4) is 0 Å². The lowest BCUT2D eigenvalue weighted by Crippen LogP contribution is -2.27. The molecule has 0 aromatic heterocycles. The highest BCUT2D eigenvalue weighted by molar-refractivity contribution is 6.30. The van der Waals surface area contributed by atoms with Gasteiger partial charge in [-0.15, -0.1) is 0 Å². The Morgan fingerprint density at radius 2 is 2.25 bits per heavy atom. The van der Waals surface area contributed by atoms with Crippen molar-refractivity contribution in [3.63, 3.8) is 0 Å². The minimum absolute atomic E-state index is 0.106. The summed E-state index contributed by atoms with van der Waals surface area (Å²) in [4.78, 5) is 0. The highest BCUT2D eigenvalue weighted by Crippen LogP contribution is 2.29. The molecule has 1 aliphatic rings. The van der Waals surface area contributed by atoms with Gasteiger partial charge in [0.25, 0.3) is 0 Å². The van der Waals surface area contributed by atoms with Crippen LogP contribution in [0.15, 0.2) is 18.2 Å². The summed E-state index contributed by atoms with van der Waals surface area (Å²) in [5.41, 5.74) is 0.479. The molecule has 1 unspecified atom stereocenters. The molecular formula is C12H15ClFNO. The Morgan fingerprint density at radius 1 is 1.50 bits per heavy atom. The molecule has 1 aromatic carbocycles. The Labute approximate surface area is 99.4 Å². The maximum Gasteiger partial charge on any atom is 0.129 e. The van der Waals surface area contributed by atoms with Crippen LogP contribution in [0.3, 0.4) is 0 Å². The Balaban J connectivity index is 2.05. The first kappa shape index (κ1) is 11.8. The quantitative estimate of drug-likeness (QED) is 0.833. The molecule has 0 spiro atoms. The zero-order chi connectivity index (χ0) is 11.5. The van der Waals surface area contributed by atoms with Crippen LogP contribution >= 0.6 is 11.6 Å². The van der Waals surface area contributed by atoms with Crippen LogP contribution in [0.1, 0.15) is 24.4 Å². The smallest absolute Gasteiger partial charge is 0.129 e. The van der Waals surface area contributed by atoms with E-state index in [2.05, 4.69) is 5.32 Å². The number of aliphatic hydroxyl groups is 1. The molecule has 0 amide bonds. The number of benzene rings is 1. The monoisotopic (exact) mass is 243 g/mol. The first-order chi connectivity index (χ1) is 7.70. The van der Waals surface area contributed by atoms with Gasteiger partial charge in [0.05, 0.1) is 12.6 Å². The number of halogens is 2. The first-order valence-electron chi connectivity index (χ1n) is 5.50. The van der Waals surface area contributed by atoms with Crippen LogP contribution in [-0.2, 0) is 0 Å². The third kappa shape index (κ3) is 2.94. The van der Waals surface area contributed by atoms with Crippen molar-refractivity contribution < 1.29 is 9.50 Å². The van der Waals surface area contributed by atoms with Gasteiger partial charge in [0.1, 0.15) is 5.82 Å². The molecule has 88 valence electrons. The van der Waals surface area contributed by atoms with Crippen LogP contribution in [0.25, 0.3) is 0 Å². The molecule has 1 fully saturated rings. The van der Waals surface area contributed by atoms with Crippen molar-refractivity contribution in [3.05, 3.63) is 34.6 Å². The Bertz CT molecular complexity index is 368. The van der Waals surface area contributed by atoms with Gasteiger partial charge < -0.3 is 10.4 Å². The Hall–Kier alpha value is -0.640. The van der Waals surface area contributed by atoms with E-state index < -0.39 is 0 Å². The van der Waals surface area contributed by atoms with E-state index in [0.717, 1.165) is 6.54 Å². The van der Waals surface area contributed by atoms with E-state index in [4.69, 9.17) is 11.6 Å². The lowest BCUT2D eigenvalue weighted by Gasteiger charge is -2.17. The third-order valence-electron chi connectivity index (χ3n) is 2.87. The molecule has 2 N–H and O–H groups in total. The Kier molecular flexibility index (Phi) is 3.79. The van der Waals surface area contributed by atoms with Crippen LogP contribution in [-0.4, -0.2) is 18.3 Å². The molecular weight excluding hydrogens is 229 g/mol. The molecule has 0 saturated heterocycles. The second-order valence-electron chi connectivity index (χ2n) is 4.25. The van der Waals surface area contributed by atoms with Crippen LogP contribution in [0.2, 0.25) is 5.02 Å². The maximum atomic E-state index is 13.6. The summed E-state index contributed by atoms with van der Waals surface area (Å²) in [7, 11) is 0. The van der Waals surface area contributed by atoms with Gasteiger partial charge >= 0.3 is 0 Å². The molecule has 0 aliphatic heterocycles. The van der Waals surface area contributed by atoms with Crippen LogP contribution in [0, 0.1) is 11.7 Å². The largest absolute Gasteiger partial charge is 0.394 e. The minimum atomic E-state index is -0.366. The van der Waals surface area contributed by atoms with Crippen LogP contribution in [0.5, 0.6) is 0 Å². The van der Waals surface area contributed by atoms with Crippen molar-refractivity contribution in [2.75, 3.05) is 13.2 Å². The van der Waals surface area contributed by atoms with Gasteiger partial charge in [-0.1, -0.05) is 17.7 Å². The zero-order valence-corrected chi connectivity index (χ0v) is 9.67. The summed E-state index contributed by atoms with van der Waals surface area (Å²) in [6, 6.07) is 4.20. The van der Waals surface area contributed by atoms with E-state index >= 15 is 0 Å². The molecule has 16 heavy (non-hydrogen) atoms. The number of nitrogens with one attached hydrogen (secondary N) is 1. The SMILES string of the molecule is OCC(NCC1CC1)c1ccc(Cl)cc1F. The standard InChI is InChI=1S/C12H15ClFNO/c13-9-3-4-10(11(14)5-9)12(7-16)15-6-8-1-2-8/h3-5,8,12,15-16H,1-2,6-7H2. The van der Waals surface area contributed by atoms with E-state index in [1.807, 2.05) is 0 Å². The molecule has 1 aromatic rings. The fraction of sp³-hybridized carbons (Fsp3) is 0.500. The average Bonchev–Trinajstić information content (AvgIpc) is 3.05. The van der Waals surface area contributed by atoms with Gasteiger partial charge in [0.2, 0.25) is 0 Å². The topological polar surface area (TPSA) is 32.3 Å². The van der Waals surface area contributed by atoms with E-state index in [1.165, 1.54) is 18.9 Å². The van der Waals surface area contributed by atoms with Crippen molar-refractivity contribution in [2.45, 2.75) is 18.9 Å². The predicted molar refractivity (Wildman–Crippen MR) is 62.0 cm³/mol.